The maximum absolute atomic E-state index is 12.9. The van der Waals surface area contributed by atoms with E-state index in [1.807, 2.05) is 43.3 Å². The zero-order valence-electron chi connectivity index (χ0n) is 13.8. The first-order valence-electron chi connectivity index (χ1n) is 7.98. The lowest BCUT2D eigenvalue weighted by molar-refractivity contribution is 0.398. The molecule has 0 atom stereocenters. The summed E-state index contributed by atoms with van der Waals surface area (Å²) in [6.45, 7) is 1.97. The van der Waals surface area contributed by atoms with Gasteiger partial charge in [-0.25, -0.2) is 0 Å². The number of fused-ring (bicyclic) bond motifs is 3. The van der Waals surface area contributed by atoms with E-state index in [-0.39, 0.29) is 16.9 Å². The number of phenols is 1. The normalized spacial score (nSPS) is 11.3. The molecule has 2 aromatic heterocycles. The predicted octanol–water partition coefficient (Wildman–Crippen LogP) is 4.48. The molecule has 4 rings (SSSR count). The van der Waals surface area contributed by atoms with Crippen molar-refractivity contribution in [3.05, 3.63) is 58.4 Å². The molecule has 2 aromatic carbocycles. The molecule has 0 fully saturated rings. The number of phenolic OH excluding ortho intramolecular Hbond substituents is 1. The van der Waals surface area contributed by atoms with Crippen LogP contribution in [0.3, 0.4) is 0 Å². The molecule has 0 aliphatic carbocycles. The zero-order valence-corrected chi connectivity index (χ0v) is 13.8. The van der Waals surface area contributed by atoms with E-state index in [0.29, 0.717) is 34.3 Å². The first kappa shape index (κ1) is 15.3. The van der Waals surface area contributed by atoms with E-state index >= 15 is 0 Å². The summed E-state index contributed by atoms with van der Waals surface area (Å²) >= 11 is 0. The number of ether oxygens (including phenoxy) is 1. The van der Waals surface area contributed by atoms with Crippen molar-refractivity contribution >= 4 is 21.9 Å². The molecule has 5 heteroatoms. The standard InChI is InChI=1S/C20H16O5/c1-3-12-9-13-15(24-12)10-14(21)16-17(22)20(23-2)18(25-19(13)16)11-7-5-4-6-8-11/h4-10,21H,3H2,1-2H3. The topological polar surface area (TPSA) is 72.8 Å². The van der Waals surface area contributed by atoms with E-state index in [1.165, 1.54) is 13.2 Å². The molecule has 0 spiro atoms. The van der Waals surface area contributed by atoms with Crippen molar-refractivity contribution in [1.82, 2.24) is 0 Å². The van der Waals surface area contributed by atoms with Gasteiger partial charge in [0.15, 0.2) is 11.3 Å². The lowest BCUT2D eigenvalue weighted by atomic mass is 10.1. The molecule has 4 aromatic rings. The van der Waals surface area contributed by atoms with Gasteiger partial charge in [0.2, 0.25) is 11.2 Å². The Labute approximate surface area is 143 Å². The number of benzene rings is 2. The summed E-state index contributed by atoms with van der Waals surface area (Å²) in [5, 5.41) is 11.1. The maximum atomic E-state index is 12.9. The minimum atomic E-state index is -0.416. The number of furan rings is 1. The molecule has 0 saturated carbocycles. The van der Waals surface area contributed by atoms with Crippen LogP contribution in [0.25, 0.3) is 33.3 Å². The molecule has 2 heterocycles. The molecule has 0 aliphatic heterocycles. The molecule has 25 heavy (non-hydrogen) atoms. The van der Waals surface area contributed by atoms with E-state index in [0.717, 1.165) is 5.76 Å². The fourth-order valence-electron chi connectivity index (χ4n) is 3.02. The zero-order chi connectivity index (χ0) is 17.6. The van der Waals surface area contributed by atoms with Crippen molar-refractivity contribution in [3.63, 3.8) is 0 Å². The Kier molecular flexibility index (Phi) is 3.50. The van der Waals surface area contributed by atoms with Crippen LogP contribution in [0.15, 0.2) is 56.1 Å². The number of aromatic hydroxyl groups is 1. The minimum absolute atomic E-state index is 0.0626. The average molecular weight is 336 g/mol. The van der Waals surface area contributed by atoms with Crippen molar-refractivity contribution in [1.29, 1.82) is 0 Å². The third kappa shape index (κ3) is 2.28. The predicted molar refractivity (Wildman–Crippen MR) is 95.3 cm³/mol. The second-order valence-corrected chi connectivity index (χ2v) is 5.74. The molecular formula is C20H16O5. The van der Waals surface area contributed by atoms with Gasteiger partial charge < -0.3 is 18.7 Å². The van der Waals surface area contributed by atoms with Crippen LogP contribution in [-0.4, -0.2) is 12.2 Å². The quantitative estimate of drug-likeness (QED) is 0.597. The first-order chi connectivity index (χ1) is 12.1. The van der Waals surface area contributed by atoms with Crippen molar-refractivity contribution in [2.24, 2.45) is 0 Å². The molecule has 0 unspecified atom stereocenters. The Morgan fingerprint density at radius 1 is 1.12 bits per heavy atom. The largest absolute Gasteiger partial charge is 0.507 e. The smallest absolute Gasteiger partial charge is 0.239 e. The monoisotopic (exact) mass is 336 g/mol. The number of hydrogen-bond acceptors (Lipinski definition) is 5. The second-order valence-electron chi connectivity index (χ2n) is 5.74. The highest BCUT2D eigenvalue weighted by molar-refractivity contribution is 6.06. The summed E-state index contributed by atoms with van der Waals surface area (Å²) in [7, 11) is 1.41. The number of hydrogen-bond donors (Lipinski definition) is 1. The second kappa shape index (κ2) is 5.70. The van der Waals surface area contributed by atoms with Gasteiger partial charge in [0.1, 0.15) is 22.5 Å². The third-order valence-electron chi connectivity index (χ3n) is 4.24. The lowest BCUT2D eigenvalue weighted by Gasteiger charge is -2.10. The summed E-state index contributed by atoms with van der Waals surface area (Å²) in [5.74, 6) is 0.951. The molecule has 0 aliphatic rings. The first-order valence-corrected chi connectivity index (χ1v) is 7.98. The summed E-state index contributed by atoms with van der Waals surface area (Å²) in [5.41, 5.74) is 1.08. The van der Waals surface area contributed by atoms with Gasteiger partial charge in [-0.3, -0.25) is 4.79 Å². The number of rotatable bonds is 3. The molecule has 0 bridgehead atoms. The van der Waals surface area contributed by atoms with E-state index in [1.54, 1.807) is 0 Å². The van der Waals surface area contributed by atoms with Crippen LogP contribution in [0, 0.1) is 0 Å². The van der Waals surface area contributed by atoms with E-state index in [9.17, 15) is 9.90 Å². The van der Waals surface area contributed by atoms with Crippen LogP contribution in [0.2, 0.25) is 0 Å². The van der Waals surface area contributed by atoms with Gasteiger partial charge in [-0.1, -0.05) is 37.3 Å². The van der Waals surface area contributed by atoms with Gasteiger partial charge in [0.25, 0.3) is 0 Å². The summed E-state index contributed by atoms with van der Waals surface area (Å²) in [6, 6.07) is 12.5. The maximum Gasteiger partial charge on any atom is 0.239 e. The van der Waals surface area contributed by atoms with E-state index in [4.69, 9.17) is 13.6 Å². The third-order valence-corrected chi connectivity index (χ3v) is 4.24. The SMILES string of the molecule is CCc1cc2c(cc(O)c3c(=O)c(OC)c(-c4ccccc4)oc32)o1. The highest BCUT2D eigenvalue weighted by Gasteiger charge is 2.22. The Hall–Kier alpha value is -3.21. The van der Waals surface area contributed by atoms with Crippen LogP contribution in [0.1, 0.15) is 12.7 Å². The van der Waals surface area contributed by atoms with E-state index in [2.05, 4.69) is 0 Å². The van der Waals surface area contributed by atoms with Gasteiger partial charge in [-0.05, 0) is 6.07 Å². The summed E-state index contributed by atoms with van der Waals surface area (Å²) in [6.07, 6.45) is 0.697. The Bertz CT molecular complexity index is 1140. The fourth-order valence-corrected chi connectivity index (χ4v) is 3.02. The Morgan fingerprint density at radius 3 is 2.56 bits per heavy atom. The van der Waals surface area contributed by atoms with Crippen LogP contribution in [0.4, 0.5) is 0 Å². The molecule has 5 nitrogen and oxygen atoms in total. The number of methoxy groups -OCH3 is 1. The van der Waals surface area contributed by atoms with Crippen LogP contribution in [-0.2, 0) is 6.42 Å². The molecule has 126 valence electrons. The lowest BCUT2D eigenvalue weighted by Crippen LogP contribution is -2.08. The Balaban J connectivity index is 2.19. The van der Waals surface area contributed by atoms with E-state index < -0.39 is 5.43 Å². The fraction of sp³-hybridized carbons (Fsp3) is 0.150. The van der Waals surface area contributed by atoms with Crippen LogP contribution < -0.4 is 10.2 Å². The average Bonchev–Trinajstić information content (AvgIpc) is 3.05. The summed E-state index contributed by atoms with van der Waals surface area (Å²) < 4.78 is 17.0. The van der Waals surface area contributed by atoms with Crippen molar-refractivity contribution in [2.75, 3.05) is 7.11 Å². The van der Waals surface area contributed by atoms with Gasteiger partial charge in [-0.15, -0.1) is 0 Å². The van der Waals surface area contributed by atoms with Gasteiger partial charge >= 0.3 is 0 Å². The van der Waals surface area contributed by atoms with Gasteiger partial charge in [0, 0.05) is 18.1 Å². The van der Waals surface area contributed by atoms with Crippen molar-refractivity contribution < 1.29 is 18.7 Å². The highest BCUT2D eigenvalue weighted by Crippen LogP contribution is 2.38. The molecule has 1 N–H and O–H groups in total. The van der Waals surface area contributed by atoms with Gasteiger partial charge in [0.05, 0.1) is 12.5 Å². The molecule has 0 saturated heterocycles. The van der Waals surface area contributed by atoms with Crippen molar-refractivity contribution in [3.8, 4) is 22.8 Å². The van der Waals surface area contributed by atoms with Gasteiger partial charge in [-0.2, -0.15) is 0 Å². The number of aryl methyl sites for hydroxylation is 1. The van der Waals surface area contributed by atoms with Crippen molar-refractivity contribution in [2.45, 2.75) is 13.3 Å². The molecular weight excluding hydrogens is 320 g/mol. The summed E-state index contributed by atoms with van der Waals surface area (Å²) in [4.78, 5) is 12.9. The van der Waals surface area contributed by atoms with Crippen LogP contribution >= 0.6 is 0 Å². The minimum Gasteiger partial charge on any atom is -0.507 e. The van der Waals surface area contributed by atoms with Crippen LogP contribution in [0.5, 0.6) is 11.5 Å². The highest BCUT2D eigenvalue weighted by atomic mass is 16.5. The Morgan fingerprint density at radius 2 is 1.88 bits per heavy atom. The molecule has 0 radical (unpaired) electrons. The molecule has 0 amide bonds.